The fraction of sp³-hybridized carbons (Fsp3) is 1.00. The molecule has 0 aromatic rings. The molecule has 0 saturated heterocycles. The molecule has 0 atom stereocenters. The van der Waals surface area contributed by atoms with Gasteiger partial charge in [0.15, 0.2) is 8.32 Å². The average Bonchev–Trinajstić information content (AvgIpc) is 1.96. The fourth-order valence-electron chi connectivity index (χ4n) is 0.747. The molecule has 0 amide bonds. The van der Waals surface area contributed by atoms with E-state index in [1.807, 2.05) is 11.8 Å². The number of rotatable bonds is 5. The minimum Gasteiger partial charge on any atom is -0.417 e. The van der Waals surface area contributed by atoms with Crippen molar-refractivity contribution in [1.29, 1.82) is 0 Å². The minimum absolute atomic E-state index is 0.354. The Labute approximate surface area is 88.8 Å². The first-order chi connectivity index (χ1) is 5.81. The summed E-state index contributed by atoms with van der Waals surface area (Å²) >= 11 is 1.90. The summed E-state index contributed by atoms with van der Waals surface area (Å²) in [7, 11) is -1.46. The maximum absolute atomic E-state index is 6.02. The van der Waals surface area contributed by atoms with Crippen LogP contribution >= 0.6 is 11.8 Å². The molecule has 80 valence electrons. The van der Waals surface area contributed by atoms with Crippen molar-refractivity contribution in [3.05, 3.63) is 0 Å². The predicted octanol–water partition coefficient (Wildman–Crippen LogP) is 3.76. The van der Waals surface area contributed by atoms with E-state index in [-0.39, 0.29) is 0 Å². The molecule has 13 heavy (non-hydrogen) atoms. The Morgan fingerprint density at radius 2 is 1.77 bits per heavy atom. The van der Waals surface area contributed by atoms with E-state index in [4.69, 9.17) is 4.43 Å². The lowest BCUT2D eigenvalue weighted by atomic mass is 10.2. The molecular formula is C10H24OSSi. The van der Waals surface area contributed by atoms with E-state index in [9.17, 15) is 0 Å². The lowest BCUT2D eigenvalue weighted by Gasteiger charge is -2.36. The van der Waals surface area contributed by atoms with Gasteiger partial charge in [-0.3, -0.25) is 0 Å². The first-order valence-electron chi connectivity index (χ1n) is 4.94. The Morgan fingerprint density at radius 1 is 1.23 bits per heavy atom. The van der Waals surface area contributed by atoms with Gasteiger partial charge in [-0.1, -0.05) is 20.8 Å². The number of hydrogen-bond acceptors (Lipinski definition) is 2. The lowest BCUT2D eigenvalue weighted by molar-refractivity contribution is 0.289. The maximum Gasteiger partial charge on any atom is 0.191 e. The molecule has 0 aliphatic heterocycles. The molecule has 0 aliphatic carbocycles. The van der Waals surface area contributed by atoms with Crippen molar-refractivity contribution in [2.24, 2.45) is 0 Å². The van der Waals surface area contributed by atoms with Crippen LogP contribution in [0.2, 0.25) is 18.1 Å². The molecule has 0 N–H and O–H groups in total. The smallest absolute Gasteiger partial charge is 0.191 e. The van der Waals surface area contributed by atoms with Crippen LogP contribution < -0.4 is 0 Å². The molecule has 0 aliphatic rings. The normalized spacial score (nSPS) is 13.4. The van der Waals surface area contributed by atoms with Crippen molar-refractivity contribution >= 4 is 20.1 Å². The fourth-order valence-corrected chi connectivity index (χ4v) is 2.24. The minimum atomic E-state index is -1.46. The van der Waals surface area contributed by atoms with Crippen molar-refractivity contribution in [3.63, 3.8) is 0 Å². The van der Waals surface area contributed by atoms with Crippen LogP contribution in [0.4, 0.5) is 0 Å². The third-order valence-corrected chi connectivity index (χ3v) is 8.00. The summed E-state index contributed by atoms with van der Waals surface area (Å²) in [5.74, 6) is 1.22. The van der Waals surface area contributed by atoms with E-state index >= 15 is 0 Å². The van der Waals surface area contributed by atoms with Gasteiger partial charge in [0.2, 0.25) is 0 Å². The van der Waals surface area contributed by atoms with Gasteiger partial charge in [-0.05, 0) is 36.6 Å². The van der Waals surface area contributed by atoms with Gasteiger partial charge in [0.25, 0.3) is 0 Å². The van der Waals surface area contributed by atoms with Gasteiger partial charge in [0.05, 0.1) is 0 Å². The second kappa shape index (κ2) is 5.42. The van der Waals surface area contributed by atoms with Crippen LogP contribution in [0.1, 0.15) is 27.2 Å². The number of hydrogen-bond donors (Lipinski definition) is 0. The molecule has 3 heteroatoms. The maximum atomic E-state index is 6.02. The largest absolute Gasteiger partial charge is 0.417 e. The van der Waals surface area contributed by atoms with Crippen LogP contribution in [0.5, 0.6) is 0 Å². The van der Waals surface area contributed by atoms with Crippen molar-refractivity contribution in [2.75, 3.05) is 18.6 Å². The second-order valence-electron chi connectivity index (χ2n) is 4.96. The Kier molecular flexibility index (Phi) is 5.64. The van der Waals surface area contributed by atoms with Crippen LogP contribution in [0.3, 0.4) is 0 Å². The third-order valence-electron chi connectivity index (χ3n) is 2.76. The summed E-state index contributed by atoms with van der Waals surface area (Å²) in [4.78, 5) is 0. The van der Waals surface area contributed by atoms with Gasteiger partial charge in [-0.25, -0.2) is 0 Å². The molecule has 0 heterocycles. The molecule has 0 unspecified atom stereocenters. The van der Waals surface area contributed by atoms with E-state index in [0.29, 0.717) is 5.04 Å². The molecular weight excluding hydrogens is 196 g/mol. The van der Waals surface area contributed by atoms with E-state index in [1.165, 1.54) is 12.2 Å². The summed E-state index contributed by atoms with van der Waals surface area (Å²) in [6.45, 7) is 12.4. The van der Waals surface area contributed by atoms with Crippen LogP contribution in [-0.2, 0) is 4.43 Å². The molecule has 0 rings (SSSR count). The van der Waals surface area contributed by atoms with Crippen LogP contribution in [0, 0.1) is 0 Å². The van der Waals surface area contributed by atoms with Crippen LogP contribution in [0.15, 0.2) is 0 Å². The topological polar surface area (TPSA) is 9.23 Å². The van der Waals surface area contributed by atoms with Crippen molar-refractivity contribution in [1.82, 2.24) is 0 Å². The van der Waals surface area contributed by atoms with E-state index in [0.717, 1.165) is 6.61 Å². The van der Waals surface area contributed by atoms with Gasteiger partial charge in [-0.15, -0.1) is 0 Å². The second-order valence-corrected chi connectivity index (χ2v) is 10.8. The highest BCUT2D eigenvalue weighted by Crippen LogP contribution is 2.36. The standard InChI is InChI=1S/C10H24OSSi/c1-10(2,3)13(5,6)11-8-7-9-12-4/h7-9H2,1-6H3. The van der Waals surface area contributed by atoms with E-state index in [2.05, 4.69) is 40.1 Å². The van der Waals surface area contributed by atoms with Gasteiger partial charge >= 0.3 is 0 Å². The lowest BCUT2D eigenvalue weighted by Crippen LogP contribution is -2.41. The Hall–Kier alpha value is 0.527. The summed E-state index contributed by atoms with van der Waals surface area (Å²) in [6, 6.07) is 0. The Balaban J connectivity index is 3.77. The highest BCUT2D eigenvalue weighted by atomic mass is 32.2. The summed E-state index contributed by atoms with van der Waals surface area (Å²) < 4.78 is 6.02. The Morgan fingerprint density at radius 3 is 2.15 bits per heavy atom. The van der Waals surface area contributed by atoms with Crippen molar-refractivity contribution < 1.29 is 4.43 Å². The molecule has 0 aromatic carbocycles. The quantitative estimate of drug-likeness (QED) is 0.515. The molecule has 0 aromatic heterocycles. The molecule has 0 saturated carbocycles. The summed E-state index contributed by atoms with van der Waals surface area (Å²) in [5, 5.41) is 0.354. The third kappa shape index (κ3) is 5.08. The summed E-state index contributed by atoms with van der Waals surface area (Å²) in [5.41, 5.74) is 0. The van der Waals surface area contributed by atoms with E-state index in [1.54, 1.807) is 0 Å². The first kappa shape index (κ1) is 13.5. The van der Waals surface area contributed by atoms with Crippen molar-refractivity contribution in [2.45, 2.75) is 45.3 Å². The first-order valence-corrected chi connectivity index (χ1v) is 9.24. The van der Waals surface area contributed by atoms with Crippen LogP contribution in [-0.4, -0.2) is 26.9 Å². The van der Waals surface area contributed by atoms with Gasteiger partial charge in [-0.2, -0.15) is 11.8 Å². The zero-order valence-corrected chi connectivity index (χ0v) is 11.8. The van der Waals surface area contributed by atoms with Crippen LogP contribution in [0.25, 0.3) is 0 Å². The summed E-state index contributed by atoms with van der Waals surface area (Å²) in [6.07, 6.45) is 3.33. The zero-order chi connectivity index (χ0) is 10.5. The van der Waals surface area contributed by atoms with Gasteiger partial charge in [0, 0.05) is 6.61 Å². The average molecular weight is 220 g/mol. The van der Waals surface area contributed by atoms with Gasteiger partial charge < -0.3 is 4.43 Å². The van der Waals surface area contributed by atoms with Gasteiger partial charge in [0.1, 0.15) is 0 Å². The number of thioether (sulfide) groups is 1. The monoisotopic (exact) mass is 220 g/mol. The van der Waals surface area contributed by atoms with Crippen molar-refractivity contribution in [3.8, 4) is 0 Å². The predicted molar refractivity (Wildman–Crippen MR) is 66.1 cm³/mol. The highest BCUT2D eigenvalue weighted by Gasteiger charge is 2.36. The molecule has 0 radical (unpaired) electrons. The highest BCUT2D eigenvalue weighted by molar-refractivity contribution is 7.98. The Bertz CT molecular complexity index is 140. The molecule has 1 nitrogen and oxygen atoms in total. The molecule has 0 fully saturated rings. The molecule has 0 spiro atoms. The SMILES string of the molecule is CSCCCO[Si](C)(C)C(C)(C)C. The van der Waals surface area contributed by atoms with E-state index < -0.39 is 8.32 Å². The zero-order valence-electron chi connectivity index (χ0n) is 9.94. The molecule has 0 bridgehead atoms.